The molecule has 0 saturated heterocycles. The summed E-state index contributed by atoms with van der Waals surface area (Å²) in [6, 6.07) is 10.3. The highest BCUT2D eigenvalue weighted by molar-refractivity contribution is 7.81. The lowest BCUT2D eigenvalue weighted by atomic mass is 10.2. The van der Waals surface area contributed by atoms with Gasteiger partial charge in [0.25, 0.3) is 0 Å². The van der Waals surface area contributed by atoms with Gasteiger partial charge in [0.2, 0.25) is 0 Å². The fourth-order valence-electron chi connectivity index (χ4n) is 0.914. The summed E-state index contributed by atoms with van der Waals surface area (Å²) in [5.74, 6) is 0. The van der Waals surface area contributed by atoms with Gasteiger partial charge in [0, 0.05) is 6.54 Å². The van der Waals surface area contributed by atoms with E-state index >= 15 is 0 Å². The second kappa shape index (κ2) is 3.97. The summed E-state index contributed by atoms with van der Waals surface area (Å²) < 4.78 is 0. The van der Waals surface area contributed by atoms with Gasteiger partial charge in [0.05, 0.1) is 4.87 Å². The second-order valence-electron chi connectivity index (χ2n) is 3.40. The average Bonchev–Trinajstić information content (AvgIpc) is 2.02. The summed E-state index contributed by atoms with van der Waals surface area (Å²) in [6.45, 7) is 4.95. The second-order valence-corrected chi connectivity index (χ2v) is 4.52. The summed E-state index contributed by atoms with van der Waals surface area (Å²) in [5, 5.41) is 3.30. The van der Waals surface area contributed by atoms with Gasteiger partial charge < -0.3 is 0 Å². The lowest BCUT2D eigenvalue weighted by Crippen LogP contribution is -2.32. The van der Waals surface area contributed by atoms with Crippen LogP contribution in [0.2, 0.25) is 0 Å². The van der Waals surface area contributed by atoms with Crippen molar-refractivity contribution in [1.29, 1.82) is 0 Å². The molecule has 0 aliphatic rings. The molecule has 1 rings (SSSR count). The molecule has 0 saturated carbocycles. The Balaban J connectivity index is 2.44. The van der Waals surface area contributed by atoms with E-state index in [4.69, 9.17) is 0 Å². The highest BCUT2D eigenvalue weighted by atomic mass is 32.1. The maximum absolute atomic E-state index is 4.37. The van der Waals surface area contributed by atoms with E-state index in [0.29, 0.717) is 0 Å². The molecule has 0 aliphatic heterocycles. The summed E-state index contributed by atoms with van der Waals surface area (Å²) in [4.78, 5) is -0.101. The third-order valence-corrected chi connectivity index (χ3v) is 1.73. The van der Waals surface area contributed by atoms with Gasteiger partial charge in [-0.3, -0.25) is 5.32 Å². The first-order valence-corrected chi connectivity index (χ1v) is 4.54. The molecule has 0 aromatic heterocycles. The first-order chi connectivity index (χ1) is 5.58. The Morgan fingerprint density at radius 2 is 1.83 bits per heavy atom. The van der Waals surface area contributed by atoms with Crippen LogP contribution in [-0.4, -0.2) is 4.87 Å². The standard InChI is InChI=1S/C10H15NS/c1-10(2,12)11-8-9-6-4-3-5-7-9/h3-7,11-12H,8H2,1-2H3. The van der Waals surface area contributed by atoms with Crippen molar-refractivity contribution in [2.24, 2.45) is 0 Å². The number of benzene rings is 1. The van der Waals surface area contributed by atoms with Crippen LogP contribution < -0.4 is 5.32 Å². The quantitative estimate of drug-likeness (QED) is 0.539. The molecule has 2 heteroatoms. The molecule has 1 N–H and O–H groups in total. The predicted molar refractivity (Wildman–Crippen MR) is 56.3 cm³/mol. The third kappa shape index (κ3) is 3.79. The maximum Gasteiger partial charge on any atom is 0.0561 e. The molecule has 0 radical (unpaired) electrons. The van der Waals surface area contributed by atoms with Crippen LogP contribution in [0.1, 0.15) is 19.4 Å². The maximum atomic E-state index is 4.37. The van der Waals surface area contributed by atoms with Crippen LogP contribution in [0.15, 0.2) is 30.3 Å². The summed E-state index contributed by atoms with van der Waals surface area (Å²) >= 11 is 4.37. The largest absolute Gasteiger partial charge is 0.299 e. The van der Waals surface area contributed by atoms with Gasteiger partial charge in [0.1, 0.15) is 0 Å². The Labute approximate surface area is 79.6 Å². The van der Waals surface area contributed by atoms with Crippen molar-refractivity contribution in [1.82, 2.24) is 5.32 Å². The Morgan fingerprint density at radius 3 is 2.33 bits per heavy atom. The van der Waals surface area contributed by atoms with Gasteiger partial charge in [-0.2, -0.15) is 12.6 Å². The molecule has 1 nitrogen and oxygen atoms in total. The van der Waals surface area contributed by atoms with Crippen LogP contribution >= 0.6 is 12.6 Å². The summed E-state index contributed by atoms with van der Waals surface area (Å²) in [6.07, 6.45) is 0. The minimum Gasteiger partial charge on any atom is -0.299 e. The fraction of sp³-hybridized carbons (Fsp3) is 0.400. The lowest BCUT2D eigenvalue weighted by Gasteiger charge is -2.19. The minimum absolute atomic E-state index is 0.101. The van der Waals surface area contributed by atoms with Gasteiger partial charge in [-0.1, -0.05) is 30.3 Å². The molecule has 0 aliphatic carbocycles. The number of hydrogen-bond donors (Lipinski definition) is 2. The molecule has 1 aromatic carbocycles. The Bertz CT molecular complexity index is 225. The normalized spacial score (nSPS) is 11.6. The summed E-state index contributed by atoms with van der Waals surface area (Å²) in [7, 11) is 0. The van der Waals surface area contributed by atoms with Crippen LogP contribution in [0.25, 0.3) is 0 Å². The van der Waals surface area contributed by atoms with Crippen LogP contribution in [0.3, 0.4) is 0 Å². The predicted octanol–water partition coefficient (Wildman–Crippen LogP) is 2.44. The molecule has 0 unspecified atom stereocenters. The fourth-order valence-corrected chi connectivity index (χ4v) is 0.993. The molecular formula is C10H15NS. The van der Waals surface area contributed by atoms with Crippen molar-refractivity contribution in [3.8, 4) is 0 Å². The molecule has 0 bridgehead atoms. The van der Waals surface area contributed by atoms with E-state index in [9.17, 15) is 0 Å². The molecule has 0 fully saturated rings. The van der Waals surface area contributed by atoms with Gasteiger partial charge in [-0.25, -0.2) is 0 Å². The van der Waals surface area contributed by atoms with Crippen molar-refractivity contribution in [2.45, 2.75) is 25.3 Å². The van der Waals surface area contributed by atoms with Crippen LogP contribution in [0, 0.1) is 0 Å². The average molecular weight is 181 g/mol. The number of nitrogens with one attached hydrogen (secondary N) is 1. The topological polar surface area (TPSA) is 12.0 Å². The molecule has 12 heavy (non-hydrogen) atoms. The zero-order valence-corrected chi connectivity index (χ0v) is 8.44. The van der Waals surface area contributed by atoms with Gasteiger partial charge in [-0.15, -0.1) is 0 Å². The lowest BCUT2D eigenvalue weighted by molar-refractivity contribution is 0.545. The Kier molecular flexibility index (Phi) is 3.18. The van der Waals surface area contributed by atoms with Crippen LogP contribution in [0.4, 0.5) is 0 Å². The van der Waals surface area contributed by atoms with Crippen LogP contribution in [-0.2, 0) is 6.54 Å². The Morgan fingerprint density at radius 1 is 1.25 bits per heavy atom. The molecule has 0 heterocycles. The zero-order valence-electron chi connectivity index (χ0n) is 7.54. The van der Waals surface area contributed by atoms with Gasteiger partial charge >= 0.3 is 0 Å². The first-order valence-electron chi connectivity index (χ1n) is 4.09. The van der Waals surface area contributed by atoms with Gasteiger partial charge in [-0.05, 0) is 19.4 Å². The number of thiol groups is 1. The third-order valence-electron chi connectivity index (χ3n) is 1.57. The summed E-state index contributed by atoms with van der Waals surface area (Å²) in [5.41, 5.74) is 1.29. The van der Waals surface area contributed by atoms with E-state index in [1.807, 2.05) is 32.0 Å². The molecule has 0 atom stereocenters. The zero-order chi connectivity index (χ0) is 9.03. The van der Waals surface area contributed by atoms with E-state index in [0.717, 1.165) is 6.54 Å². The highest BCUT2D eigenvalue weighted by Gasteiger charge is 2.08. The van der Waals surface area contributed by atoms with Crippen LogP contribution in [0.5, 0.6) is 0 Å². The van der Waals surface area contributed by atoms with Crippen molar-refractivity contribution >= 4 is 12.6 Å². The minimum atomic E-state index is -0.101. The smallest absolute Gasteiger partial charge is 0.0561 e. The molecule has 66 valence electrons. The SMILES string of the molecule is CC(C)(S)NCc1ccccc1. The van der Waals surface area contributed by atoms with Crippen molar-refractivity contribution in [3.05, 3.63) is 35.9 Å². The van der Waals surface area contributed by atoms with E-state index in [2.05, 4.69) is 30.1 Å². The highest BCUT2D eigenvalue weighted by Crippen LogP contribution is 2.08. The van der Waals surface area contributed by atoms with Crippen molar-refractivity contribution < 1.29 is 0 Å². The van der Waals surface area contributed by atoms with E-state index in [1.165, 1.54) is 5.56 Å². The van der Waals surface area contributed by atoms with Gasteiger partial charge in [0.15, 0.2) is 0 Å². The molecule has 1 aromatic rings. The molecular weight excluding hydrogens is 166 g/mol. The van der Waals surface area contributed by atoms with Crippen molar-refractivity contribution in [3.63, 3.8) is 0 Å². The number of hydrogen-bond acceptors (Lipinski definition) is 2. The van der Waals surface area contributed by atoms with E-state index in [-0.39, 0.29) is 4.87 Å². The number of rotatable bonds is 3. The van der Waals surface area contributed by atoms with E-state index < -0.39 is 0 Å². The first kappa shape index (κ1) is 9.62. The van der Waals surface area contributed by atoms with E-state index in [1.54, 1.807) is 0 Å². The molecule has 0 amide bonds. The Hall–Kier alpha value is -0.470. The molecule has 0 spiro atoms. The monoisotopic (exact) mass is 181 g/mol. The van der Waals surface area contributed by atoms with Crippen molar-refractivity contribution in [2.75, 3.05) is 0 Å².